The van der Waals surface area contributed by atoms with Gasteiger partial charge in [0.15, 0.2) is 6.61 Å². The molecule has 0 saturated carbocycles. The van der Waals surface area contributed by atoms with E-state index in [9.17, 15) is 4.79 Å². The number of benzene rings is 1. The molecule has 21 heavy (non-hydrogen) atoms. The van der Waals surface area contributed by atoms with Crippen molar-refractivity contribution in [1.29, 1.82) is 5.26 Å². The van der Waals surface area contributed by atoms with Gasteiger partial charge in [0.05, 0.1) is 28.7 Å². The number of rotatable bonds is 4. The molecule has 1 aromatic carbocycles. The van der Waals surface area contributed by atoms with E-state index in [1.165, 1.54) is 0 Å². The Labute approximate surface area is 123 Å². The van der Waals surface area contributed by atoms with Gasteiger partial charge in [-0.15, -0.1) is 0 Å². The SMILES string of the molecule is Cc1nn(C)c(C)c1NC(=O)COc1cccc(C#N)c1. The van der Waals surface area contributed by atoms with E-state index in [4.69, 9.17) is 10.00 Å². The smallest absolute Gasteiger partial charge is 0.262 e. The van der Waals surface area contributed by atoms with Crippen molar-refractivity contribution < 1.29 is 9.53 Å². The molecule has 0 aliphatic rings. The van der Waals surface area contributed by atoms with Gasteiger partial charge < -0.3 is 10.1 Å². The summed E-state index contributed by atoms with van der Waals surface area (Å²) in [7, 11) is 1.82. The molecule has 0 fully saturated rings. The number of hydrogen-bond acceptors (Lipinski definition) is 4. The molecule has 0 aliphatic heterocycles. The quantitative estimate of drug-likeness (QED) is 0.930. The van der Waals surface area contributed by atoms with Crippen LogP contribution in [0.4, 0.5) is 5.69 Å². The number of hydrogen-bond donors (Lipinski definition) is 1. The van der Waals surface area contributed by atoms with Crippen LogP contribution >= 0.6 is 0 Å². The predicted molar refractivity (Wildman–Crippen MR) is 78.0 cm³/mol. The minimum absolute atomic E-state index is 0.122. The van der Waals surface area contributed by atoms with E-state index in [1.54, 1.807) is 28.9 Å². The summed E-state index contributed by atoms with van der Waals surface area (Å²) in [5, 5.41) is 15.8. The Morgan fingerprint density at radius 1 is 1.48 bits per heavy atom. The molecule has 2 rings (SSSR count). The summed E-state index contributed by atoms with van der Waals surface area (Å²) in [5.74, 6) is 0.223. The van der Waals surface area contributed by atoms with Crippen LogP contribution in [0.2, 0.25) is 0 Å². The number of amides is 1. The summed E-state index contributed by atoms with van der Waals surface area (Å²) < 4.78 is 7.09. The third-order valence-corrected chi connectivity index (χ3v) is 3.11. The normalized spacial score (nSPS) is 10.0. The van der Waals surface area contributed by atoms with Gasteiger partial charge in [-0.05, 0) is 32.0 Å². The molecular formula is C15H16N4O2. The Kier molecular flexibility index (Phi) is 4.24. The van der Waals surface area contributed by atoms with Crippen LogP contribution in [-0.2, 0) is 11.8 Å². The average Bonchev–Trinajstić information content (AvgIpc) is 2.72. The first-order valence-electron chi connectivity index (χ1n) is 6.44. The fourth-order valence-corrected chi connectivity index (χ4v) is 1.93. The molecule has 0 radical (unpaired) electrons. The van der Waals surface area contributed by atoms with E-state index in [0.717, 1.165) is 11.4 Å². The van der Waals surface area contributed by atoms with E-state index in [-0.39, 0.29) is 12.5 Å². The molecule has 0 spiro atoms. The summed E-state index contributed by atoms with van der Waals surface area (Å²) >= 11 is 0. The van der Waals surface area contributed by atoms with Crippen molar-refractivity contribution in [3.8, 4) is 11.8 Å². The van der Waals surface area contributed by atoms with Crippen LogP contribution in [0.15, 0.2) is 24.3 Å². The molecule has 0 saturated heterocycles. The Morgan fingerprint density at radius 3 is 2.86 bits per heavy atom. The highest BCUT2D eigenvalue weighted by atomic mass is 16.5. The van der Waals surface area contributed by atoms with E-state index >= 15 is 0 Å². The molecule has 2 aromatic rings. The van der Waals surface area contributed by atoms with E-state index in [0.29, 0.717) is 17.0 Å². The molecular weight excluding hydrogens is 268 g/mol. The summed E-state index contributed by atoms with van der Waals surface area (Å²) in [6.07, 6.45) is 0. The zero-order chi connectivity index (χ0) is 15.4. The molecule has 1 N–H and O–H groups in total. The van der Waals surface area contributed by atoms with Crippen LogP contribution in [0.5, 0.6) is 5.75 Å². The number of aryl methyl sites for hydroxylation is 2. The van der Waals surface area contributed by atoms with Crippen LogP contribution in [0.3, 0.4) is 0 Å². The van der Waals surface area contributed by atoms with Gasteiger partial charge in [0.25, 0.3) is 5.91 Å². The maximum absolute atomic E-state index is 11.9. The van der Waals surface area contributed by atoms with Gasteiger partial charge >= 0.3 is 0 Å². The van der Waals surface area contributed by atoms with E-state index < -0.39 is 0 Å². The van der Waals surface area contributed by atoms with Gasteiger partial charge in [-0.2, -0.15) is 10.4 Å². The molecule has 0 bridgehead atoms. The lowest BCUT2D eigenvalue weighted by atomic mass is 10.2. The monoisotopic (exact) mass is 284 g/mol. The lowest BCUT2D eigenvalue weighted by molar-refractivity contribution is -0.118. The van der Waals surface area contributed by atoms with Crippen molar-refractivity contribution in [2.45, 2.75) is 13.8 Å². The highest BCUT2D eigenvalue weighted by Gasteiger charge is 2.12. The molecule has 6 heteroatoms. The van der Waals surface area contributed by atoms with Crippen LogP contribution in [0.1, 0.15) is 17.0 Å². The summed E-state index contributed by atoms with van der Waals surface area (Å²) in [6.45, 7) is 3.59. The molecule has 0 unspecified atom stereocenters. The lowest BCUT2D eigenvalue weighted by Crippen LogP contribution is -2.20. The lowest BCUT2D eigenvalue weighted by Gasteiger charge is -2.08. The number of nitrogens with one attached hydrogen (secondary N) is 1. The largest absolute Gasteiger partial charge is 0.484 e. The number of nitriles is 1. The second-order valence-electron chi connectivity index (χ2n) is 4.65. The van der Waals surface area contributed by atoms with E-state index in [1.807, 2.05) is 27.0 Å². The number of nitrogens with zero attached hydrogens (tertiary/aromatic N) is 3. The maximum atomic E-state index is 11.9. The Morgan fingerprint density at radius 2 is 2.24 bits per heavy atom. The van der Waals surface area contributed by atoms with Crippen molar-refractivity contribution in [3.63, 3.8) is 0 Å². The highest BCUT2D eigenvalue weighted by Crippen LogP contribution is 2.18. The first-order chi connectivity index (χ1) is 10.0. The minimum atomic E-state index is -0.267. The fraction of sp³-hybridized carbons (Fsp3) is 0.267. The molecule has 108 valence electrons. The second-order valence-corrected chi connectivity index (χ2v) is 4.65. The first-order valence-corrected chi connectivity index (χ1v) is 6.44. The summed E-state index contributed by atoms with van der Waals surface area (Å²) in [4.78, 5) is 11.9. The van der Waals surface area contributed by atoms with Crippen molar-refractivity contribution in [1.82, 2.24) is 9.78 Å². The van der Waals surface area contributed by atoms with Crippen molar-refractivity contribution in [2.75, 3.05) is 11.9 Å². The second kappa shape index (κ2) is 6.09. The maximum Gasteiger partial charge on any atom is 0.262 e. The van der Waals surface area contributed by atoms with Crippen molar-refractivity contribution >= 4 is 11.6 Å². The number of carbonyl (C=O) groups excluding carboxylic acids is 1. The Bertz CT molecular complexity index is 713. The summed E-state index contributed by atoms with van der Waals surface area (Å²) in [5.41, 5.74) is 2.84. The van der Waals surface area contributed by atoms with Crippen LogP contribution < -0.4 is 10.1 Å². The number of aromatic nitrogens is 2. The predicted octanol–water partition coefficient (Wildman–Crippen LogP) is 1.93. The van der Waals surface area contributed by atoms with Gasteiger partial charge in [0.1, 0.15) is 5.75 Å². The van der Waals surface area contributed by atoms with Crippen molar-refractivity contribution in [3.05, 3.63) is 41.2 Å². The molecule has 6 nitrogen and oxygen atoms in total. The third-order valence-electron chi connectivity index (χ3n) is 3.11. The molecule has 0 atom stereocenters. The average molecular weight is 284 g/mol. The van der Waals surface area contributed by atoms with Gasteiger partial charge in [-0.1, -0.05) is 6.07 Å². The molecule has 1 heterocycles. The number of anilines is 1. The standard InChI is InChI=1S/C15H16N4O2/c1-10-15(11(2)19(3)18-10)17-14(20)9-21-13-6-4-5-12(7-13)8-16/h4-7H,9H2,1-3H3,(H,17,20). The fourth-order valence-electron chi connectivity index (χ4n) is 1.93. The van der Waals surface area contributed by atoms with Crippen LogP contribution in [-0.4, -0.2) is 22.3 Å². The molecule has 1 amide bonds. The Balaban J connectivity index is 1.98. The number of ether oxygens (including phenoxy) is 1. The van der Waals surface area contributed by atoms with Crippen molar-refractivity contribution in [2.24, 2.45) is 7.05 Å². The van der Waals surface area contributed by atoms with Gasteiger partial charge in [-0.3, -0.25) is 9.48 Å². The van der Waals surface area contributed by atoms with Gasteiger partial charge in [0.2, 0.25) is 0 Å². The van der Waals surface area contributed by atoms with Crippen LogP contribution in [0.25, 0.3) is 0 Å². The Hall–Kier alpha value is -2.81. The third kappa shape index (κ3) is 3.39. The van der Waals surface area contributed by atoms with Crippen LogP contribution in [0, 0.1) is 25.2 Å². The zero-order valence-corrected chi connectivity index (χ0v) is 12.2. The summed E-state index contributed by atoms with van der Waals surface area (Å²) in [6, 6.07) is 8.70. The number of carbonyl (C=O) groups is 1. The first kappa shape index (κ1) is 14.6. The van der Waals surface area contributed by atoms with Gasteiger partial charge in [0, 0.05) is 7.05 Å². The molecule has 0 aliphatic carbocycles. The topological polar surface area (TPSA) is 79.9 Å². The zero-order valence-electron chi connectivity index (χ0n) is 12.2. The van der Waals surface area contributed by atoms with Gasteiger partial charge in [-0.25, -0.2) is 0 Å². The highest BCUT2D eigenvalue weighted by molar-refractivity contribution is 5.93. The van der Waals surface area contributed by atoms with E-state index in [2.05, 4.69) is 10.4 Å². The minimum Gasteiger partial charge on any atom is -0.484 e. The molecule has 1 aromatic heterocycles.